The maximum Gasteiger partial charge on any atom is 0.138 e. The summed E-state index contributed by atoms with van der Waals surface area (Å²) in [7, 11) is 0. The van der Waals surface area contributed by atoms with Crippen molar-refractivity contribution >= 4 is 27.5 Å². The topological polar surface area (TPSA) is 18.5 Å². The molecule has 0 aliphatic rings. The maximum absolute atomic E-state index is 12.8. The van der Waals surface area contributed by atoms with Crippen molar-refractivity contribution in [2.75, 3.05) is 13.2 Å². The Balaban J connectivity index is 1.79. The van der Waals surface area contributed by atoms with E-state index < -0.39 is 0 Å². The average molecular weight is 346 g/mol. The Labute approximate surface area is 124 Å². The molecule has 0 bridgehead atoms. The van der Waals surface area contributed by atoms with E-state index in [0.717, 1.165) is 10.2 Å². The van der Waals surface area contributed by atoms with Crippen LogP contribution < -0.4 is 9.47 Å². The summed E-state index contributed by atoms with van der Waals surface area (Å²) >= 11 is 9.18. The molecule has 19 heavy (non-hydrogen) atoms. The Bertz CT molecular complexity index is 546. The lowest BCUT2D eigenvalue weighted by molar-refractivity contribution is 0.217. The lowest BCUT2D eigenvalue weighted by Gasteiger charge is -2.09. The minimum Gasteiger partial charge on any atom is -0.490 e. The molecule has 2 nitrogen and oxygen atoms in total. The Morgan fingerprint density at radius 1 is 1.00 bits per heavy atom. The molecule has 0 atom stereocenters. The molecule has 2 aromatic carbocycles. The first-order valence-corrected chi connectivity index (χ1v) is 6.78. The van der Waals surface area contributed by atoms with E-state index in [2.05, 4.69) is 15.9 Å². The maximum atomic E-state index is 12.8. The van der Waals surface area contributed by atoms with Gasteiger partial charge in [-0.25, -0.2) is 4.39 Å². The molecule has 0 aliphatic heterocycles. The van der Waals surface area contributed by atoms with Gasteiger partial charge >= 0.3 is 0 Å². The minimum atomic E-state index is -0.386. The highest BCUT2D eigenvalue weighted by Crippen LogP contribution is 2.24. The molecule has 0 heterocycles. The van der Waals surface area contributed by atoms with Crippen LogP contribution in [0, 0.1) is 5.82 Å². The molecule has 0 saturated heterocycles. The molecule has 0 fully saturated rings. The van der Waals surface area contributed by atoms with E-state index in [0.29, 0.717) is 19.0 Å². The molecule has 0 N–H and O–H groups in total. The van der Waals surface area contributed by atoms with E-state index in [1.54, 1.807) is 0 Å². The van der Waals surface area contributed by atoms with Gasteiger partial charge in [-0.3, -0.25) is 0 Å². The zero-order valence-electron chi connectivity index (χ0n) is 9.91. The Hall–Kier alpha value is -1.26. The van der Waals surface area contributed by atoms with Crippen LogP contribution in [0.15, 0.2) is 46.9 Å². The summed E-state index contributed by atoms with van der Waals surface area (Å²) in [6.45, 7) is 0.719. The van der Waals surface area contributed by atoms with Crippen molar-refractivity contribution in [1.82, 2.24) is 0 Å². The van der Waals surface area contributed by atoms with E-state index in [4.69, 9.17) is 21.1 Å². The van der Waals surface area contributed by atoms with Crippen LogP contribution in [-0.4, -0.2) is 13.2 Å². The van der Waals surface area contributed by atoms with Crippen molar-refractivity contribution in [3.05, 3.63) is 57.8 Å². The molecular weight excluding hydrogens is 335 g/mol. The van der Waals surface area contributed by atoms with Crippen molar-refractivity contribution in [3.63, 3.8) is 0 Å². The first-order chi connectivity index (χ1) is 9.15. The van der Waals surface area contributed by atoms with Crippen LogP contribution in [-0.2, 0) is 0 Å². The second-order valence-corrected chi connectivity index (χ2v) is 5.05. The zero-order valence-corrected chi connectivity index (χ0v) is 12.2. The minimum absolute atomic E-state index is 0.253. The van der Waals surface area contributed by atoms with Gasteiger partial charge in [0.1, 0.15) is 30.5 Å². The monoisotopic (exact) mass is 344 g/mol. The number of halogens is 3. The highest BCUT2D eigenvalue weighted by molar-refractivity contribution is 9.10. The standard InChI is InChI=1S/C14H11BrClFO2/c15-10-1-4-12(5-2-10)18-7-8-19-14-6-3-11(17)9-13(14)16/h1-6,9H,7-8H2. The van der Waals surface area contributed by atoms with E-state index in [1.807, 2.05) is 24.3 Å². The third kappa shape index (κ3) is 4.40. The van der Waals surface area contributed by atoms with Crippen LogP contribution in [0.4, 0.5) is 4.39 Å². The molecule has 0 aliphatic carbocycles. The van der Waals surface area contributed by atoms with Crippen LogP contribution in [0.2, 0.25) is 5.02 Å². The molecule has 0 unspecified atom stereocenters. The van der Waals surface area contributed by atoms with E-state index in [9.17, 15) is 4.39 Å². The van der Waals surface area contributed by atoms with Crippen molar-refractivity contribution in [1.29, 1.82) is 0 Å². The SMILES string of the molecule is Fc1ccc(OCCOc2ccc(Br)cc2)c(Cl)c1. The number of benzene rings is 2. The fourth-order valence-corrected chi connectivity index (χ4v) is 1.92. The van der Waals surface area contributed by atoms with Gasteiger partial charge in [0.05, 0.1) is 5.02 Å². The van der Waals surface area contributed by atoms with Gasteiger partial charge in [0.25, 0.3) is 0 Å². The van der Waals surface area contributed by atoms with Crippen LogP contribution in [0.5, 0.6) is 11.5 Å². The normalized spacial score (nSPS) is 10.3. The Morgan fingerprint density at radius 3 is 2.37 bits per heavy atom. The average Bonchev–Trinajstić information content (AvgIpc) is 2.39. The highest BCUT2D eigenvalue weighted by atomic mass is 79.9. The van der Waals surface area contributed by atoms with E-state index >= 15 is 0 Å². The van der Waals surface area contributed by atoms with Crippen molar-refractivity contribution in [2.24, 2.45) is 0 Å². The van der Waals surface area contributed by atoms with Crippen molar-refractivity contribution < 1.29 is 13.9 Å². The molecule has 100 valence electrons. The predicted molar refractivity (Wildman–Crippen MR) is 76.5 cm³/mol. The number of ether oxygens (including phenoxy) is 2. The number of hydrogen-bond donors (Lipinski definition) is 0. The van der Waals surface area contributed by atoms with Gasteiger partial charge < -0.3 is 9.47 Å². The number of rotatable bonds is 5. The smallest absolute Gasteiger partial charge is 0.138 e. The molecule has 2 aromatic rings. The molecule has 0 amide bonds. The van der Waals surface area contributed by atoms with Crippen LogP contribution in [0.1, 0.15) is 0 Å². The second kappa shape index (κ2) is 6.78. The van der Waals surface area contributed by atoms with Crippen LogP contribution >= 0.6 is 27.5 Å². The first-order valence-electron chi connectivity index (χ1n) is 5.61. The largest absolute Gasteiger partial charge is 0.490 e. The van der Waals surface area contributed by atoms with Gasteiger partial charge in [0.2, 0.25) is 0 Å². The lowest BCUT2D eigenvalue weighted by Crippen LogP contribution is -2.09. The summed E-state index contributed by atoms with van der Waals surface area (Å²) in [6, 6.07) is 11.5. The predicted octanol–water partition coefficient (Wildman–Crippen LogP) is 4.70. The molecule has 2 rings (SSSR count). The third-order valence-corrected chi connectivity index (χ3v) is 3.14. The van der Waals surface area contributed by atoms with Crippen molar-refractivity contribution in [2.45, 2.75) is 0 Å². The van der Waals surface area contributed by atoms with Gasteiger partial charge in [0, 0.05) is 4.47 Å². The van der Waals surface area contributed by atoms with E-state index in [1.165, 1.54) is 18.2 Å². The fourth-order valence-electron chi connectivity index (χ4n) is 1.43. The summed E-state index contributed by atoms with van der Waals surface area (Å²) in [6.07, 6.45) is 0. The van der Waals surface area contributed by atoms with Gasteiger partial charge in [-0.15, -0.1) is 0 Å². The summed E-state index contributed by atoms with van der Waals surface area (Å²) in [5, 5.41) is 0.253. The third-order valence-electron chi connectivity index (χ3n) is 2.32. The molecule has 0 spiro atoms. The summed E-state index contributed by atoms with van der Waals surface area (Å²) < 4.78 is 24.7. The van der Waals surface area contributed by atoms with E-state index in [-0.39, 0.29) is 10.8 Å². The van der Waals surface area contributed by atoms with Crippen LogP contribution in [0.25, 0.3) is 0 Å². The molecule has 5 heteroatoms. The zero-order chi connectivity index (χ0) is 13.7. The highest BCUT2D eigenvalue weighted by Gasteiger charge is 2.03. The van der Waals surface area contributed by atoms with Crippen LogP contribution in [0.3, 0.4) is 0 Å². The van der Waals surface area contributed by atoms with Gasteiger partial charge in [-0.1, -0.05) is 27.5 Å². The molecule has 0 radical (unpaired) electrons. The quantitative estimate of drug-likeness (QED) is 0.731. The molecule has 0 aromatic heterocycles. The molecule has 0 saturated carbocycles. The van der Waals surface area contributed by atoms with Gasteiger partial charge in [0.15, 0.2) is 0 Å². The number of hydrogen-bond acceptors (Lipinski definition) is 2. The Morgan fingerprint density at radius 2 is 1.68 bits per heavy atom. The van der Waals surface area contributed by atoms with Gasteiger partial charge in [-0.05, 0) is 42.5 Å². The first kappa shape index (κ1) is 14.2. The lowest BCUT2D eigenvalue weighted by atomic mass is 10.3. The van der Waals surface area contributed by atoms with Crippen molar-refractivity contribution in [3.8, 4) is 11.5 Å². The molecular formula is C14H11BrClFO2. The Kier molecular flexibility index (Phi) is 5.05. The fraction of sp³-hybridized carbons (Fsp3) is 0.143. The summed E-state index contributed by atoms with van der Waals surface area (Å²) in [5.41, 5.74) is 0. The second-order valence-electron chi connectivity index (χ2n) is 3.73. The summed E-state index contributed by atoms with van der Waals surface area (Å²) in [4.78, 5) is 0. The van der Waals surface area contributed by atoms with Gasteiger partial charge in [-0.2, -0.15) is 0 Å². The summed E-state index contributed by atoms with van der Waals surface area (Å²) in [5.74, 6) is 0.822.